The average Bonchev–Trinajstić information content (AvgIpc) is 3.55. The fraction of sp³-hybridized carbons (Fsp3) is 0.222. The van der Waals surface area contributed by atoms with Gasteiger partial charge in [0.25, 0.3) is 11.4 Å². The highest BCUT2D eigenvalue weighted by molar-refractivity contribution is 5.79. The lowest BCUT2D eigenvalue weighted by Gasteiger charge is -2.20. The predicted octanol–water partition coefficient (Wildman–Crippen LogP) is 4.30. The largest absolute Gasteiger partial charge is 0.394 e. The van der Waals surface area contributed by atoms with Crippen LogP contribution in [0.25, 0.3) is 22.5 Å². The van der Waals surface area contributed by atoms with Crippen LogP contribution < -0.4 is 16.2 Å². The van der Waals surface area contributed by atoms with E-state index in [9.17, 15) is 9.90 Å². The van der Waals surface area contributed by atoms with Gasteiger partial charge in [0.15, 0.2) is 12.0 Å². The van der Waals surface area contributed by atoms with Gasteiger partial charge < -0.3 is 20.3 Å². The fourth-order valence-electron chi connectivity index (χ4n) is 4.37. The molecule has 194 valence electrons. The Morgan fingerprint density at radius 1 is 1.13 bits per heavy atom. The van der Waals surface area contributed by atoms with Gasteiger partial charge in [-0.25, -0.2) is 14.6 Å². The standard InChI is InChI=1S/C27H28N8O3/c1-4-12-34-27(37)19-10-11-23(33-25(19)35(34)17(2)3)32-24-13-21(20(14-28-24)26-29-16-30-38-26)31-22(15-36)18-8-6-5-7-9-18/h4-11,13-14,16-17,22,36H,1,12,15H2,2-3H3,(H2,28,31,32,33)/t22-/m1/s1. The van der Waals surface area contributed by atoms with Crippen LogP contribution in [0.15, 0.2) is 83.0 Å². The quantitative estimate of drug-likeness (QED) is 0.234. The van der Waals surface area contributed by atoms with E-state index >= 15 is 0 Å². The molecule has 0 aliphatic carbocycles. The first-order chi connectivity index (χ1) is 18.5. The van der Waals surface area contributed by atoms with E-state index in [0.717, 1.165) is 5.56 Å². The molecule has 0 unspecified atom stereocenters. The summed E-state index contributed by atoms with van der Waals surface area (Å²) in [6.45, 7) is 8.02. The lowest BCUT2D eigenvalue weighted by Crippen LogP contribution is -2.23. The van der Waals surface area contributed by atoms with Gasteiger partial charge in [0.2, 0.25) is 0 Å². The minimum absolute atomic E-state index is 0.0129. The van der Waals surface area contributed by atoms with E-state index in [1.54, 1.807) is 35.2 Å². The van der Waals surface area contributed by atoms with E-state index in [1.807, 2.05) is 48.9 Å². The van der Waals surface area contributed by atoms with Crippen LogP contribution in [0.2, 0.25) is 0 Å². The van der Waals surface area contributed by atoms with Crippen molar-refractivity contribution in [2.24, 2.45) is 0 Å². The number of aliphatic hydroxyl groups excluding tert-OH is 1. The van der Waals surface area contributed by atoms with Crippen molar-refractivity contribution in [2.75, 3.05) is 17.2 Å². The lowest BCUT2D eigenvalue weighted by atomic mass is 10.1. The molecule has 0 bridgehead atoms. The van der Waals surface area contributed by atoms with Crippen LogP contribution in [0, 0.1) is 0 Å². The van der Waals surface area contributed by atoms with Gasteiger partial charge >= 0.3 is 0 Å². The molecule has 0 saturated heterocycles. The highest BCUT2D eigenvalue weighted by Gasteiger charge is 2.19. The molecule has 0 saturated carbocycles. The third-order valence-electron chi connectivity index (χ3n) is 6.07. The summed E-state index contributed by atoms with van der Waals surface area (Å²) >= 11 is 0. The Balaban J connectivity index is 1.52. The highest BCUT2D eigenvalue weighted by atomic mass is 16.5. The fourth-order valence-corrected chi connectivity index (χ4v) is 4.37. The van der Waals surface area contributed by atoms with Crippen molar-refractivity contribution in [1.29, 1.82) is 0 Å². The smallest absolute Gasteiger partial charge is 0.276 e. The molecule has 0 fully saturated rings. The van der Waals surface area contributed by atoms with Crippen molar-refractivity contribution in [3.05, 3.63) is 89.6 Å². The summed E-state index contributed by atoms with van der Waals surface area (Å²) in [6.07, 6.45) is 4.62. The molecule has 3 N–H and O–H groups in total. The van der Waals surface area contributed by atoms with Gasteiger partial charge in [0.1, 0.15) is 11.6 Å². The first-order valence-electron chi connectivity index (χ1n) is 12.2. The number of anilines is 3. The highest BCUT2D eigenvalue weighted by Crippen LogP contribution is 2.31. The van der Waals surface area contributed by atoms with Gasteiger partial charge in [0.05, 0.1) is 35.8 Å². The Bertz CT molecular complexity index is 1610. The second-order valence-electron chi connectivity index (χ2n) is 8.96. The summed E-state index contributed by atoms with van der Waals surface area (Å²) in [5.74, 6) is 1.31. The molecule has 0 aliphatic rings. The minimum Gasteiger partial charge on any atom is -0.394 e. The molecule has 11 nitrogen and oxygen atoms in total. The van der Waals surface area contributed by atoms with E-state index in [0.29, 0.717) is 46.4 Å². The molecule has 0 amide bonds. The van der Waals surface area contributed by atoms with E-state index in [4.69, 9.17) is 9.51 Å². The zero-order valence-corrected chi connectivity index (χ0v) is 21.1. The van der Waals surface area contributed by atoms with Gasteiger partial charge in [0, 0.05) is 18.3 Å². The third-order valence-corrected chi connectivity index (χ3v) is 6.07. The molecule has 0 aliphatic heterocycles. The normalized spacial score (nSPS) is 12.1. The van der Waals surface area contributed by atoms with Crippen molar-refractivity contribution in [1.82, 2.24) is 29.5 Å². The van der Waals surface area contributed by atoms with Crippen LogP contribution in [0.4, 0.5) is 17.3 Å². The number of rotatable bonds is 10. The molecular formula is C27H28N8O3. The molecule has 38 heavy (non-hydrogen) atoms. The van der Waals surface area contributed by atoms with Gasteiger partial charge in [-0.3, -0.25) is 9.48 Å². The molecule has 4 aromatic heterocycles. The number of nitrogens with one attached hydrogen (secondary N) is 2. The molecule has 5 rings (SSSR count). The molecule has 0 radical (unpaired) electrons. The van der Waals surface area contributed by atoms with E-state index in [2.05, 4.69) is 32.3 Å². The number of aliphatic hydroxyl groups is 1. The van der Waals surface area contributed by atoms with Gasteiger partial charge in [-0.1, -0.05) is 41.6 Å². The summed E-state index contributed by atoms with van der Waals surface area (Å²) in [5.41, 5.74) is 2.59. The molecule has 0 spiro atoms. The number of fused-ring (bicyclic) bond motifs is 1. The maximum Gasteiger partial charge on any atom is 0.276 e. The number of allylic oxidation sites excluding steroid dienone is 1. The monoisotopic (exact) mass is 512 g/mol. The van der Waals surface area contributed by atoms with Crippen LogP contribution in [0.1, 0.15) is 31.5 Å². The zero-order chi connectivity index (χ0) is 26.6. The maximum absolute atomic E-state index is 12.9. The number of hydrogen-bond acceptors (Lipinski definition) is 9. The summed E-state index contributed by atoms with van der Waals surface area (Å²) in [5, 5.41) is 20.9. The van der Waals surface area contributed by atoms with Crippen molar-refractivity contribution < 1.29 is 9.63 Å². The number of hydrogen-bond donors (Lipinski definition) is 3. The van der Waals surface area contributed by atoms with Crippen molar-refractivity contribution in [2.45, 2.75) is 32.5 Å². The molecule has 1 atom stereocenters. The summed E-state index contributed by atoms with van der Waals surface area (Å²) < 4.78 is 8.78. The zero-order valence-electron chi connectivity index (χ0n) is 21.1. The topological polar surface area (TPSA) is 136 Å². The first-order valence-corrected chi connectivity index (χ1v) is 12.2. The van der Waals surface area contributed by atoms with E-state index in [1.165, 1.54) is 6.33 Å². The summed E-state index contributed by atoms with van der Waals surface area (Å²) in [7, 11) is 0. The summed E-state index contributed by atoms with van der Waals surface area (Å²) in [6, 6.07) is 14.5. The van der Waals surface area contributed by atoms with Crippen molar-refractivity contribution in [3.8, 4) is 11.5 Å². The van der Waals surface area contributed by atoms with Crippen molar-refractivity contribution >= 4 is 28.4 Å². The van der Waals surface area contributed by atoms with Crippen molar-refractivity contribution in [3.63, 3.8) is 0 Å². The Morgan fingerprint density at radius 2 is 1.95 bits per heavy atom. The van der Waals surface area contributed by atoms with Crippen LogP contribution in [-0.2, 0) is 6.54 Å². The maximum atomic E-state index is 12.9. The number of nitrogens with zero attached hydrogens (tertiary/aromatic N) is 6. The SMILES string of the molecule is C=CCn1c(=O)c2ccc(Nc3cc(N[C@H](CO)c4ccccc4)c(-c4ncno4)cn3)nc2n1C(C)C. The number of pyridine rings is 2. The van der Waals surface area contributed by atoms with Gasteiger partial charge in [-0.2, -0.15) is 4.98 Å². The van der Waals surface area contributed by atoms with Crippen LogP contribution >= 0.6 is 0 Å². The average molecular weight is 513 g/mol. The van der Waals surface area contributed by atoms with E-state index < -0.39 is 0 Å². The van der Waals surface area contributed by atoms with E-state index in [-0.39, 0.29) is 24.2 Å². The molecule has 1 aromatic carbocycles. The third kappa shape index (κ3) is 4.78. The minimum atomic E-state index is -0.382. The second-order valence-corrected chi connectivity index (χ2v) is 8.96. The number of benzene rings is 1. The molecule has 11 heteroatoms. The molecule has 4 heterocycles. The second kappa shape index (κ2) is 10.7. The Hall–Kier alpha value is -4.77. The Kier molecular flexibility index (Phi) is 7.00. The summed E-state index contributed by atoms with van der Waals surface area (Å²) in [4.78, 5) is 26.3. The van der Waals surface area contributed by atoms with Gasteiger partial charge in [-0.05, 0) is 31.5 Å². The first kappa shape index (κ1) is 24.9. The Labute approximate surface area is 218 Å². The number of aromatic nitrogens is 6. The van der Waals surface area contributed by atoms with Crippen LogP contribution in [0.5, 0.6) is 0 Å². The van der Waals surface area contributed by atoms with Gasteiger partial charge in [-0.15, -0.1) is 6.58 Å². The predicted molar refractivity (Wildman–Crippen MR) is 145 cm³/mol. The molecule has 5 aromatic rings. The Morgan fingerprint density at radius 3 is 2.63 bits per heavy atom. The molecular weight excluding hydrogens is 484 g/mol. The van der Waals surface area contributed by atoms with Crippen LogP contribution in [-0.4, -0.2) is 41.2 Å². The lowest BCUT2D eigenvalue weighted by molar-refractivity contribution is 0.276. The van der Waals surface area contributed by atoms with Crippen LogP contribution in [0.3, 0.4) is 0 Å².